The molecule has 114 valence electrons. The van der Waals surface area contributed by atoms with Gasteiger partial charge in [0.05, 0.1) is 6.61 Å². The molecule has 0 N–H and O–H groups in total. The highest BCUT2D eigenvalue weighted by Gasteiger charge is 2.52. The Kier molecular flexibility index (Phi) is 4.47. The minimum Gasteiger partial charge on any atom is -0.353 e. The number of nitrogens with zero attached hydrogens (tertiary/aromatic N) is 1. The Bertz CT molecular complexity index is 297. The Hall–Kier alpha value is -0.120. The fourth-order valence-electron chi connectivity index (χ4n) is 3.09. The molecule has 1 heterocycles. The molecule has 0 aromatic heterocycles. The maximum atomic E-state index is 6.25. The van der Waals surface area contributed by atoms with Crippen molar-refractivity contribution in [2.45, 2.75) is 78.2 Å². The number of likely N-dealkylation sites (tertiary alicyclic amines) is 1. The van der Waals surface area contributed by atoms with Crippen molar-refractivity contribution in [2.24, 2.45) is 5.41 Å². The smallest absolute Gasteiger partial charge is 0.171 e. The summed E-state index contributed by atoms with van der Waals surface area (Å²) in [6.45, 7) is 16.4. The van der Waals surface area contributed by atoms with E-state index in [9.17, 15) is 0 Å². The summed E-state index contributed by atoms with van der Waals surface area (Å²) in [4.78, 5) is 2.44. The van der Waals surface area contributed by atoms with Gasteiger partial charge in [-0.25, -0.2) is 0 Å². The first-order valence-electron chi connectivity index (χ1n) is 7.27. The van der Waals surface area contributed by atoms with Crippen LogP contribution in [0.1, 0.15) is 61.3 Å². The summed E-state index contributed by atoms with van der Waals surface area (Å²) in [5.41, 5.74) is 0.286. The van der Waals surface area contributed by atoms with Gasteiger partial charge in [0, 0.05) is 31.0 Å². The highest BCUT2D eigenvalue weighted by Crippen LogP contribution is 2.45. The average Bonchev–Trinajstić information content (AvgIpc) is 2.21. The van der Waals surface area contributed by atoms with Gasteiger partial charge in [-0.3, -0.25) is 4.90 Å². The summed E-state index contributed by atoms with van der Waals surface area (Å²) in [6.07, 6.45) is 1.79. The normalized spacial score (nSPS) is 26.4. The summed E-state index contributed by atoms with van der Waals surface area (Å²) < 4.78 is 12.1. The predicted octanol–water partition coefficient (Wildman–Crippen LogP) is 3.67. The van der Waals surface area contributed by atoms with Gasteiger partial charge < -0.3 is 9.47 Å². The number of methoxy groups -OCH3 is 1. The van der Waals surface area contributed by atoms with E-state index in [0.29, 0.717) is 0 Å². The molecule has 0 unspecified atom stereocenters. The van der Waals surface area contributed by atoms with Gasteiger partial charge in [-0.15, -0.1) is 0 Å². The van der Waals surface area contributed by atoms with Crippen molar-refractivity contribution in [3.8, 4) is 0 Å². The quantitative estimate of drug-likeness (QED) is 0.731. The standard InChI is InChI=1S/C16H33NO2/c1-13(2,3)12-19-16(18-9)10-14(4,5)17(8)15(6,7)11-16/h10-12H2,1-9H3. The summed E-state index contributed by atoms with van der Waals surface area (Å²) in [7, 11) is 3.98. The van der Waals surface area contributed by atoms with Crippen molar-refractivity contribution >= 4 is 0 Å². The van der Waals surface area contributed by atoms with Crippen molar-refractivity contribution in [3.05, 3.63) is 0 Å². The topological polar surface area (TPSA) is 21.7 Å². The van der Waals surface area contributed by atoms with Crippen LogP contribution in [-0.2, 0) is 9.47 Å². The third-order valence-electron chi connectivity index (χ3n) is 4.36. The van der Waals surface area contributed by atoms with E-state index in [0.717, 1.165) is 19.4 Å². The van der Waals surface area contributed by atoms with Crippen LogP contribution in [0.2, 0.25) is 0 Å². The molecule has 1 fully saturated rings. The van der Waals surface area contributed by atoms with Crippen LogP contribution in [-0.4, -0.2) is 42.5 Å². The van der Waals surface area contributed by atoms with Crippen LogP contribution < -0.4 is 0 Å². The van der Waals surface area contributed by atoms with Gasteiger partial charge in [0.1, 0.15) is 0 Å². The SMILES string of the molecule is COC1(OCC(C)(C)C)CC(C)(C)N(C)C(C)(C)C1. The van der Waals surface area contributed by atoms with Gasteiger partial charge in [0.2, 0.25) is 0 Å². The fraction of sp³-hybridized carbons (Fsp3) is 1.00. The van der Waals surface area contributed by atoms with Gasteiger partial charge in [0.25, 0.3) is 0 Å². The molecular formula is C16H33NO2. The van der Waals surface area contributed by atoms with Crippen LogP contribution in [0.15, 0.2) is 0 Å². The molecule has 3 nitrogen and oxygen atoms in total. The Morgan fingerprint density at radius 3 is 1.74 bits per heavy atom. The zero-order valence-electron chi connectivity index (χ0n) is 14.4. The Morgan fingerprint density at radius 2 is 1.42 bits per heavy atom. The lowest BCUT2D eigenvalue weighted by Crippen LogP contribution is -2.65. The maximum Gasteiger partial charge on any atom is 0.171 e. The predicted molar refractivity (Wildman–Crippen MR) is 80.3 cm³/mol. The molecule has 0 radical (unpaired) electrons. The minimum atomic E-state index is -0.465. The minimum absolute atomic E-state index is 0.0651. The van der Waals surface area contributed by atoms with E-state index < -0.39 is 5.79 Å². The molecular weight excluding hydrogens is 238 g/mol. The molecule has 0 saturated carbocycles. The monoisotopic (exact) mass is 271 g/mol. The van der Waals surface area contributed by atoms with E-state index in [2.05, 4.69) is 60.4 Å². The van der Waals surface area contributed by atoms with Crippen molar-refractivity contribution in [2.75, 3.05) is 20.8 Å². The Morgan fingerprint density at radius 1 is 1.00 bits per heavy atom. The summed E-state index contributed by atoms with van der Waals surface area (Å²) in [6, 6.07) is 0. The Labute approximate surface area is 119 Å². The van der Waals surface area contributed by atoms with E-state index in [1.54, 1.807) is 7.11 Å². The first-order chi connectivity index (χ1) is 8.34. The highest BCUT2D eigenvalue weighted by molar-refractivity contribution is 5.02. The molecule has 0 amide bonds. The molecule has 1 rings (SSSR count). The van der Waals surface area contributed by atoms with E-state index in [1.165, 1.54) is 0 Å². The van der Waals surface area contributed by atoms with E-state index in [4.69, 9.17) is 9.47 Å². The first-order valence-corrected chi connectivity index (χ1v) is 7.27. The fourth-order valence-corrected chi connectivity index (χ4v) is 3.09. The maximum absolute atomic E-state index is 6.25. The van der Waals surface area contributed by atoms with Crippen molar-refractivity contribution in [3.63, 3.8) is 0 Å². The van der Waals surface area contributed by atoms with Crippen LogP contribution in [0.3, 0.4) is 0 Å². The summed E-state index contributed by atoms with van der Waals surface area (Å²) >= 11 is 0. The summed E-state index contributed by atoms with van der Waals surface area (Å²) in [5.74, 6) is -0.465. The molecule has 3 heteroatoms. The molecule has 1 saturated heterocycles. The zero-order valence-corrected chi connectivity index (χ0v) is 14.4. The molecule has 19 heavy (non-hydrogen) atoms. The number of piperidine rings is 1. The average molecular weight is 271 g/mol. The third kappa shape index (κ3) is 3.93. The van der Waals surface area contributed by atoms with E-state index >= 15 is 0 Å². The van der Waals surface area contributed by atoms with Gasteiger partial charge in [0.15, 0.2) is 5.79 Å². The van der Waals surface area contributed by atoms with E-state index in [1.807, 2.05) is 0 Å². The van der Waals surface area contributed by atoms with Gasteiger partial charge >= 0.3 is 0 Å². The van der Waals surface area contributed by atoms with Gasteiger partial charge in [-0.1, -0.05) is 20.8 Å². The second-order valence-corrected chi connectivity index (χ2v) is 8.50. The molecule has 1 aliphatic rings. The van der Waals surface area contributed by atoms with Gasteiger partial charge in [-0.05, 0) is 40.2 Å². The van der Waals surface area contributed by atoms with Crippen molar-refractivity contribution in [1.82, 2.24) is 4.90 Å². The second-order valence-electron chi connectivity index (χ2n) is 8.50. The lowest BCUT2D eigenvalue weighted by molar-refractivity contribution is -0.287. The van der Waals surface area contributed by atoms with Crippen LogP contribution in [0.25, 0.3) is 0 Å². The molecule has 0 atom stereocenters. The molecule has 0 bridgehead atoms. The zero-order chi connectivity index (χ0) is 15.1. The molecule has 1 aliphatic heterocycles. The van der Waals surface area contributed by atoms with Crippen molar-refractivity contribution in [1.29, 1.82) is 0 Å². The highest BCUT2D eigenvalue weighted by atomic mass is 16.7. The summed E-state index contributed by atoms with van der Waals surface area (Å²) in [5, 5.41) is 0. The lowest BCUT2D eigenvalue weighted by atomic mass is 9.76. The van der Waals surface area contributed by atoms with Crippen LogP contribution in [0.4, 0.5) is 0 Å². The largest absolute Gasteiger partial charge is 0.353 e. The molecule has 0 aromatic rings. The molecule has 0 aromatic carbocycles. The van der Waals surface area contributed by atoms with Crippen molar-refractivity contribution < 1.29 is 9.47 Å². The number of hydrogen-bond acceptors (Lipinski definition) is 3. The third-order valence-corrected chi connectivity index (χ3v) is 4.36. The molecule has 0 aliphatic carbocycles. The second kappa shape index (κ2) is 5.01. The van der Waals surface area contributed by atoms with Crippen LogP contribution in [0, 0.1) is 5.41 Å². The van der Waals surface area contributed by atoms with Crippen LogP contribution >= 0.6 is 0 Å². The van der Waals surface area contributed by atoms with Crippen LogP contribution in [0.5, 0.6) is 0 Å². The van der Waals surface area contributed by atoms with Gasteiger partial charge in [-0.2, -0.15) is 0 Å². The molecule has 0 spiro atoms. The first kappa shape index (κ1) is 16.9. The number of rotatable bonds is 3. The van der Waals surface area contributed by atoms with E-state index in [-0.39, 0.29) is 16.5 Å². The number of hydrogen-bond donors (Lipinski definition) is 0. The lowest BCUT2D eigenvalue weighted by Gasteiger charge is -2.57. The number of ether oxygens (including phenoxy) is 2. The Balaban J connectivity index is 2.95.